The van der Waals surface area contributed by atoms with Gasteiger partial charge in [-0.15, -0.1) is 0 Å². The molecule has 0 heterocycles. The van der Waals surface area contributed by atoms with Gasteiger partial charge < -0.3 is 10.6 Å². The highest BCUT2D eigenvalue weighted by Crippen LogP contribution is 2.51. The Kier molecular flexibility index (Phi) is 3.91. The smallest absolute Gasteiger partial charge is 0.0410 e. The molecule has 1 fully saturated rings. The van der Waals surface area contributed by atoms with Crippen molar-refractivity contribution in [3.05, 3.63) is 34.3 Å². The maximum absolute atomic E-state index is 6.04. The lowest BCUT2D eigenvalue weighted by molar-refractivity contribution is 0.0281. The summed E-state index contributed by atoms with van der Waals surface area (Å²) in [6.07, 6.45) is 3.81. The summed E-state index contributed by atoms with van der Waals surface area (Å²) in [6.45, 7) is 0.780. The van der Waals surface area contributed by atoms with Crippen LogP contribution in [0.3, 0.4) is 0 Å². The highest BCUT2D eigenvalue weighted by atomic mass is 79.9. The standard InChI is InChI=1S/C14H21BrN2/c1-17(2)13(14(10-16)7-4-8-14)11-5-3-6-12(15)9-11/h3,5-6,9,13H,4,7-8,10,16H2,1-2H3. The Bertz CT molecular complexity index is 380. The van der Waals surface area contributed by atoms with Crippen LogP contribution in [0.2, 0.25) is 0 Å². The summed E-state index contributed by atoms with van der Waals surface area (Å²) < 4.78 is 1.15. The monoisotopic (exact) mass is 296 g/mol. The molecular weight excluding hydrogens is 276 g/mol. The van der Waals surface area contributed by atoms with Gasteiger partial charge in [0.2, 0.25) is 0 Å². The lowest BCUT2D eigenvalue weighted by Crippen LogP contribution is -2.47. The quantitative estimate of drug-likeness (QED) is 0.925. The van der Waals surface area contributed by atoms with E-state index >= 15 is 0 Å². The van der Waals surface area contributed by atoms with E-state index in [9.17, 15) is 0 Å². The predicted octanol–water partition coefficient (Wildman–Crippen LogP) is 3.18. The number of halogens is 1. The molecule has 0 aromatic heterocycles. The summed E-state index contributed by atoms with van der Waals surface area (Å²) in [4.78, 5) is 2.31. The summed E-state index contributed by atoms with van der Waals surface area (Å²) in [6, 6.07) is 9.05. The van der Waals surface area contributed by atoms with Crippen molar-refractivity contribution in [3.8, 4) is 0 Å². The van der Waals surface area contributed by atoms with Gasteiger partial charge in [0, 0.05) is 15.9 Å². The zero-order chi connectivity index (χ0) is 12.5. The molecule has 0 aliphatic heterocycles. The van der Waals surface area contributed by atoms with E-state index in [2.05, 4.69) is 59.2 Å². The van der Waals surface area contributed by atoms with Crippen molar-refractivity contribution in [2.45, 2.75) is 25.3 Å². The molecule has 0 spiro atoms. The van der Waals surface area contributed by atoms with Crippen LogP contribution in [0.4, 0.5) is 0 Å². The van der Waals surface area contributed by atoms with Gasteiger partial charge in [-0.3, -0.25) is 0 Å². The number of hydrogen-bond acceptors (Lipinski definition) is 2. The highest BCUT2D eigenvalue weighted by Gasteiger charge is 2.44. The van der Waals surface area contributed by atoms with E-state index in [1.54, 1.807) is 0 Å². The SMILES string of the molecule is CN(C)C(c1cccc(Br)c1)C1(CN)CCC1. The second-order valence-corrected chi connectivity index (χ2v) is 6.26. The molecule has 1 aromatic rings. The molecule has 1 aromatic carbocycles. The Balaban J connectivity index is 2.35. The molecule has 1 saturated carbocycles. The van der Waals surface area contributed by atoms with Gasteiger partial charge in [-0.05, 0) is 51.2 Å². The first-order chi connectivity index (χ1) is 8.09. The van der Waals surface area contributed by atoms with Gasteiger partial charge in [0.15, 0.2) is 0 Å². The maximum atomic E-state index is 6.04. The topological polar surface area (TPSA) is 29.3 Å². The van der Waals surface area contributed by atoms with Crippen molar-refractivity contribution in [3.63, 3.8) is 0 Å². The molecule has 0 bridgehead atoms. The minimum atomic E-state index is 0.282. The van der Waals surface area contributed by atoms with Crippen molar-refractivity contribution in [1.82, 2.24) is 4.90 Å². The van der Waals surface area contributed by atoms with Gasteiger partial charge in [-0.25, -0.2) is 0 Å². The first-order valence-electron chi connectivity index (χ1n) is 6.21. The maximum Gasteiger partial charge on any atom is 0.0410 e. The van der Waals surface area contributed by atoms with E-state index in [-0.39, 0.29) is 5.41 Å². The number of hydrogen-bond donors (Lipinski definition) is 1. The minimum Gasteiger partial charge on any atom is -0.330 e. The lowest BCUT2D eigenvalue weighted by atomic mass is 9.62. The number of nitrogens with zero attached hydrogens (tertiary/aromatic N) is 1. The van der Waals surface area contributed by atoms with E-state index in [0.717, 1.165) is 11.0 Å². The fourth-order valence-electron chi connectivity index (χ4n) is 3.10. The van der Waals surface area contributed by atoms with E-state index in [4.69, 9.17) is 5.73 Å². The molecule has 17 heavy (non-hydrogen) atoms. The molecule has 1 atom stereocenters. The van der Waals surface area contributed by atoms with Gasteiger partial charge in [0.25, 0.3) is 0 Å². The van der Waals surface area contributed by atoms with E-state index in [1.165, 1.54) is 24.8 Å². The summed E-state index contributed by atoms with van der Waals surface area (Å²) >= 11 is 3.56. The van der Waals surface area contributed by atoms with Crippen molar-refractivity contribution in [1.29, 1.82) is 0 Å². The van der Waals surface area contributed by atoms with Crippen LogP contribution in [-0.2, 0) is 0 Å². The van der Waals surface area contributed by atoms with Gasteiger partial charge in [0.1, 0.15) is 0 Å². The van der Waals surface area contributed by atoms with Crippen LogP contribution in [0, 0.1) is 5.41 Å². The zero-order valence-corrected chi connectivity index (χ0v) is 12.2. The van der Waals surface area contributed by atoms with E-state index < -0.39 is 0 Å². The predicted molar refractivity (Wildman–Crippen MR) is 75.9 cm³/mol. The molecular formula is C14H21BrN2. The van der Waals surface area contributed by atoms with Crippen LogP contribution < -0.4 is 5.73 Å². The summed E-state index contributed by atoms with van der Waals surface area (Å²) in [5, 5.41) is 0. The Morgan fingerprint density at radius 3 is 2.53 bits per heavy atom. The molecule has 2 nitrogen and oxygen atoms in total. The zero-order valence-electron chi connectivity index (χ0n) is 10.6. The van der Waals surface area contributed by atoms with Crippen molar-refractivity contribution in [2.75, 3.05) is 20.6 Å². The molecule has 0 radical (unpaired) electrons. The van der Waals surface area contributed by atoms with Crippen molar-refractivity contribution in [2.24, 2.45) is 11.1 Å². The Hall–Kier alpha value is -0.380. The fraction of sp³-hybridized carbons (Fsp3) is 0.571. The molecule has 1 unspecified atom stereocenters. The molecule has 1 aliphatic carbocycles. The van der Waals surface area contributed by atoms with Crippen LogP contribution >= 0.6 is 15.9 Å². The molecule has 1 aliphatic rings. The van der Waals surface area contributed by atoms with E-state index in [0.29, 0.717) is 6.04 Å². The molecule has 94 valence electrons. The third kappa shape index (κ3) is 2.42. The number of nitrogens with two attached hydrogens (primary N) is 1. The summed E-state index contributed by atoms with van der Waals surface area (Å²) in [5.41, 5.74) is 7.70. The van der Waals surface area contributed by atoms with Gasteiger partial charge in [-0.1, -0.05) is 34.5 Å². The first-order valence-corrected chi connectivity index (χ1v) is 7.00. The van der Waals surface area contributed by atoms with Gasteiger partial charge >= 0.3 is 0 Å². The fourth-order valence-corrected chi connectivity index (χ4v) is 3.51. The average Bonchev–Trinajstić information content (AvgIpc) is 2.22. The van der Waals surface area contributed by atoms with Crippen LogP contribution in [0.1, 0.15) is 30.9 Å². The lowest BCUT2D eigenvalue weighted by Gasteiger charge is -2.50. The largest absolute Gasteiger partial charge is 0.330 e. The molecule has 3 heteroatoms. The van der Waals surface area contributed by atoms with E-state index in [1.807, 2.05) is 0 Å². The van der Waals surface area contributed by atoms with Crippen LogP contribution in [-0.4, -0.2) is 25.5 Å². The average molecular weight is 297 g/mol. The molecule has 2 N–H and O–H groups in total. The third-order valence-electron chi connectivity index (χ3n) is 4.02. The molecule has 0 saturated heterocycles. The van der Waals surface area contributed by atoms with Crippen molar-refractivity contribution < 1.29 is 0 Å². The first kappa shape index (κ1) is 13.1. The van der Waals surface area contributed by atoms with Gasteiger partial charge in [0.05, 0.1) is 0 Å². The van der Waals surface area contributed by atoms with Crippen LogP contribution in [0.5, 0.6) is 0 Å². The second kappa shape index (κ2) is 5.09. The van der Waals surface area contributed by atoms with Crippen LogP contribution in [0.15, 0.2) is 28.7 Å². The highest BCUT2D eigenvalue weighted by molar-refractivity contribution is 9.10. The third-order valence-corrected chi connectivity index (χ3v) is 4.51. The Morgan fingerprint density at radius 2 is 2.12 bits per heavy atom. The minimum absolute atomic E-state index is 0.282. The normalized spacial score (nSPS) is 20.1. The molecule has 2 rings (SSSR count). The Labute approximate surface area is 112 Å². The molecule has 0 amide bonds. The number of rotatable bonds is 4. The van der Waals surface area contributed by atoms with Crippen molar-refractivity contribution >= 4 is 15.9 Å². The number of benzene rings is 1. The second-order valence-electron chi connectivity index (χ2n) is 5.34. The summed E-state index contributed by atoms with van der Waals surface area (Å²) in [5.74, 6) is 0. The van der Waals surface area contributed by atoms with Gasteiger partial charge in [-0.2, -0.15) is 0 Å². The van der Waals surface area contributed by atoms with Crippen LogP contribution in [0.25, 0.3) is 0 Å². The Morgan fingerprint density at radius 1 is 1.41 bits per heavy atom. The summed E-state index contributed by atoms with van der Waals surface area (Å²) in [7, 11) is 4.31.